The number of aromatic nitrogens is 1. The summed E-state index contributed by atoms with van der Waals surface area (Å²) in [6.07, 6.45) is -0.862. The van der Waals surface area contributed by atoms with Gasteiger partial charge >= 0.3 is 6.18 Å². The van der Waals surface area contributed by atoms with Crippen LogP contribution < -0.4 is 10.2 Å². The van der Waals surface area contributed by atoms with Gasteiger partial charge in [-0.2, -0.15) is 13.2 Å². The number of alkyl halides is 3. The normalized spacial score (nSPS) is 19.2. The first-order valence-electron chi connectivity index (χ1n) is 7.38. The first-order valence-corrected chi connectivity index (χ1v) is 7.38. The van der Waals surface area contributed by atoms with Crippen molar-refractivity contribution in [3.63, 3.8) is 0 Å². The maximum Gasteiger partial charge on any atom is 0.419 e. The maximum atomic E-state index is 13.2. The summed E-state index contributed by atoms with van der Waals surface area (Å²) in [4.78, 5) is 5.79. The van der Waals surface area contributed by atoms with E-state index in [1.54, 1.807) is 4.90 Å². The molecule has 0 amide bonds. The van der Waals surface area contributed by atoms with Gasteiger partial charge in [0.2, 0.25) is 0 Å². The Balaban J connectivity index is 2.27. The molecule has 0 saturated carbocycles. The van der Waals surface area contributed by atoms with Gasteiger partial charge in [0.25, 0.3) is 0 Å². The Morgan fingerprint density at radius 3 is 2.76 bits per heavy atom. The van der Waals surface area contributed by atoms with Crippen molar-refractivity contribution >= 4 is 5.82 Å². The molecule has 2 heterocycles. The highest BCUT2D eigenvalue weighted by Crippen LogP contribution is 2.35. The number of halogens is 3. The number of nitrogens with one attached hydrogen (secondary N) is 1. The molecule has 0 aromatic carbocycles. The van der Waals surface area contributed by atoms with Crippen LogP contribution in [0.3, 0.4) is 0 Å². The lowest BCUT2D eigenvalue weighted by atomic mass is 10.1. The molecule has 21 heavy (non-hydrogen) atoms. The standard InChI is InChI=1S/C15H22F3N3/c1-11(2)9-21(10-12-5-3-7-19-12)14-13(15(16,17)18)6-4-8-20-14/h4,6,8,11-12,19H,3,5,7,9-10H2,1-2H3. The van der Waals surface area contributed by atoms with Crippen molar-refractivity contribution < 1.29 is 13.2 Å². The number of hydrogen-bond acceptors (Lipinski definition) is 3. The Morgan fingerprint density at radius 2 is 2.19 bits per heavy atom. The minimum Gasteiger partial charge on any atom is -0.354 e. The first-order chi connectivity index (χ1) is 9.88. The molecule has 0 aliphatic carbocycles. The Morgan fingerprint density at radius 1 is 1.43 bits per heavy atom. The second-order valence-electron chi connectivity index (χ2n) is 5.96. The van der Waals surface area contributed by atoms with Gasteiger partial charge in [-0.1, -0.05) is 13.8 Å². The molecular formula is C15H22F3N3. The second kappa shape index (κ2) is 6.64. The minimum absolute atomic E-state index is 0.0485. The molecule has 1 unspecified atom stereocenters. The predicted octanol–water partition coefficient (Wildman–Crippen LogP) is 3.31. The molecule has 1 N–H and O–H groups in total. The Hall–Kier alpha value is -1.30. The highest BCUT2D eigenvalue weighted by molar-refractivity contribution is 5.48. The van der Waals surface area contributed by atoms with Gasteiger partial charge in [-0.3, -0.25) is 0 Å². The summed E-state index contributed by atoms with van der Waals surface area (Å²) in [7, 11) is 0. The molecule has 118 valence electrons. The summed E-state index contributed by atoms with van der Waals surface area (Å²) in [6, 6.07) is 2.69. The van der Waals surface area contributed by atoms with Crippen LogP contribution in [-0.4, -0.2) is 30.7 Å². The molecule has 1 aliphatic rings. The zero-order valence-electron chi connectivity index (χ0n) is 12.5. The molecule has 6 heteroatoms. The Bertz CT molecular complexity index is 454. The largest absolute Gasteiger partial charge is 0.419 e. The smallest absolute Gasteiger partial charge is 0.354 e. The van der Waals surface area contributed by atoms with Crippen molar-refractivity contribution in [2.45, 2.75) is 38.9 Å². The molecule has 0 bridgehead atoms. The van der Waals surface area contributed by atoms with Crippen molar-refractivity contribution in [3.8, 4) is 0 Å². The molecule has 3 nitrogen and oxygen atoms in total. The predicted molar refractivity (Wildman–Crippen MR) is 77.3 cm³/mol. The molecular weight excluding hydrogens is 279 g/mol. The van der Waals surface area contributed by atoms with Gasteiger partial charge in [-0.15, -0.1) is 0 Å². The molecule has 0 radical (unpaired) electrons. The van der Waals surface area contributed by atoms with Crippen LogP contribution in [0.4, 0.5) is 19.0 Å². The van der Waals surface area contributed by atoms with E-state index in [4.69, 9.17) is 0 Å². The van der Waals surface area contributed by atoms with E-state index >= 15 is 0 Å². The summed E-state index contributed by atoms with van der Waals surface area (Å²) >= 11 is 0. The van der Waals surface area contributed by atoms with Gasteiger partial charge < -0.3 is 10.2 Å². The van der Waals surface area contributed by atoms with Crippen molar-refractivity contribution in [2.75, 3.05) is 24.5 Å². The lowest BCUT2D eigenvalue weighted by Crippen LogP contribution is -2.40. The van der Waals surface area contributed by atoms with Crippen LogP contribution in [0.25, 0.3) is 0 Å². The molecule has 0 spiro atoms. The van der Waals surface area contributed by atoms with E-state index in [2.05, 4.69) is 10.3 Å². The summed E-state index contributed by atoms with van der Waals surface area (Å²) < 4.78 is 39.5. The highest BCUT2D eigenvalue weighted by atomic mass is 19.4. The van der Waals surface area contributed by atoms with E-state index in [0.717, 1.165) is 25.5 Å². The average molecular weight is 301 g/mol. The van der Waals surface area contributed by atoms with Gasteiger partial charge in [0, 0.05) is 25.3 Å². The summed E-state index contributed by atoms with van der Waals surface area (Å²) in [5.41, 5.74) is -0.649. The lowest BCUT2D eigenvalue weighted by molar-refractivity contribution is -0.137. The fraction of sp³-hybridized carbons (Fsp3) is 0.667. The van der Waals surface area contributed by atoms with Crippen molar-refractivity contribution in [1.82, 2.24) is 10.3 Å². The molecule has 1 fully saturated rings. The molecule has 1 aromatic rings. The number of pyridine rings is 1. The van der Waals surface area contributed by atoms with Crippen molar-refractivity contribution in [1.29, 1.82) is 0 Å². The van der Waals surface area contributed by atoms with Crippen LogP contribution >= 0.6 is 0 Å². The molecule has 1 saturated heterocycles. The van der Waals surface area contributed by atoms with E-state index in [9.17, 15) is 13.2 Å². The van der Waals surface area contributed by atoms with Gasteiger partial charge in [0.15, 0.2) is 0 Å². The van der Waals surface area contributed by atoms with E-state index in [1.807, 2.05) is 13.8 Å². The third-order valence-corrected chi connectivity index (χ3v) is 3.58. The van der Waals surface area contributed by atoms with Gasteiger partial charge in [0.05, 0.1) is 5.56 Å². The van der Waals surface area contributed by atoms with Crippen LogP contribution in [0.15, 0.2) is 18.3 Å². The topological polar surface area (TPSA) is 28.2 Å². The number of hydrogen-bond donors (Lipinski definition) is 1. The van der Waals surface area contributed by atoms with E-state index in [0.29, 0.717) is 13.1 Å². The maximum absolute atomic E-state index is 13.2. The Labute approximate surface area is 123 Å². The monoisotopic (exact) mass is 301 g/mol. The number of nitrogens with zero attached hydrogens (tertiary/aromatic N) is 2. The minimum atomic E-state index is -4.37. The molecule has 2 rings (SSSR count). The molecule has 1 atom stereocenters. The van der Waals surface area contributed by atoms with E-state index in [1.165, 1.54) is 12.3 Å². The fourth-order valence-corrected chi connectivity index (χ4v) is 2.74. The van der Waals surface area contributed by atoms with Crippen LogP contribution in [-0.2, 0) is 6.18 Å². The Kier molecular flexibility index (Phi) is 5.08. The van der Waals surface area contributed by atoms with E-state index in [-0.39, 0.29) is 17.8 Å². The quantitative estimate of drug-likeness (QED) is 0.904. The fourth-order valence-electron chi connectivity index (χ4n) is 2.74. The van der Waals surface area contributed by atoms with Crippen molar-refractivity contribution in [2.24, 2.45) is 5.92 Å². The summed E-state index contributed by atoms with van der Waals surface area (Å²) in [5, 5.41) is 3.34. The highest BCUT2D eigenvalue weighted by Gasteiger charge is 2.36. The zero-order chi connectivity index (χ0) is 15.5. The second-order valence-corrected chi connectivity index (χ2v) is 5.96. The third kappa shape index (κ3) is 4.33. The average Bonchev–Trinajstić information content (AvgIpc) is 2.89. The van der Waals surface area contributed by atoms with Gasteiger partial charge in [0.1, 0.15) is 5.82 Å². The molecule has 1 aromatic heterocycles. The first kappa shape index (κ1) is 16.1. The SMILES string of the molecule is CC(C)CN(CC1CCCN1)c1ncccc1C(F)(F)F. The van der Waals surface area contributed by atoms with Crippen molar-refractivity contribution in [3.05, 3.63) is 23.9 Å². The number of rotatable bonds is 5. The van der Waals surface area contributed by atoms with Crippen LogP contribution in [0.5, 0.6) is 0 Å². The van der Waals surface area contributed by atoms with Gasteiger partial charge in [-0.25, -0.2) is 4.98 Å². The van der Waals surface area contributed by atoms with Gasteiger partial charge in [-0.05, 0) is 37.4 Å². The van der Waals surface area contributed by atoms with Crippen LogP contribution in [0.2, 0.25) is 0 Å². The summed E-state index contributed by atoms with van der Waals surface area (Å²) in [5.74, 6) is 0.321. The zero-order valence-corrected chi connectivity index (χ0v) is 12.5. The molecule has 1 aliphatic heterocycles. The van der Waals surface area contributed by atoms with E-state index < -0.39 is 11.7 Å². The lowest BCUT2D eigenvalue weighted by Gasteiger charge is -2.30. The third-order valence-electron chi connectivity index (χ3n) is 3.58. The number of anilines is 1. The van der Waals surface area contributed by atoms with Crippen LogP contribution in [0.1, 0.15) is 32.3 Å². The summed E-state index contributed by atoms with van der Waals surface area (Å²) in [6.45, 7) is 6.08. The van der Waals surface area contributed by atoms with Crippen LogP contribution in [0, 0.1) is 5.92 Å².